The molecular weight excluding hydrogens is 317 g/mol. The molecule has 0 bridgehead atoms. The molecule has 8 nitrogen and oxygen atoms in total. The maximum atomic E-state index is 11.8. The van der Waals surface area contributed by atoms with Gasteiger partial charge in [0.25, 0.3) is 13.5 Å². The summed E-state index contributed by atoms with van der Waals surface area (Å²) in [5, 5.41) is 2.73. The van der Waals surface area contributed by atoms with Crippen LogP contribution in [0.3, 0.4) is 0 Å². The Kier molecular flexibility index (Phi) is 7.87. The molecule has 0 saturated heterocycles. The van der Waals surface area contributed by atoms with Crippen molar-refractivity contribution in [2.75, 3.05) is 27.2 Å². The van der Waals surface area contributed by atoms with E-state index in [4.69, 9.17) is 14.0 Å². The number of aromatic nitrogens is 1. The molecule has 0 aliphatic carbocycles. The quantitative estimate of drug-likeness (QED) is 0.463. The van der Waals surface area contributed by atoms with Gasteiger partial charge in [-0.15, -0.1) is 0 Å². The number of hydrogen-bond acceptors (Lipinski definition) is 6. The second kappa shape index (κ2) is 9.14. The second-order valence-corrected chi connectivity index (χ2v) is 7.42. The van der Waals surface area contributed by atoms with Crippen LogP contribution in [0.5, 0.6) is 0 Å². The summed E-state index contributed by atoms with van der Waals surface area (Å²) in [4.78, 5) is 26.8. The van der Waals surface area contributed by atoms with E-state index < -0.39 is 18.3 Å². The number of hydrogen-bond donors (Lipinski definition) is 3. The first-order valence-corrected chi connectivity index (χ1v) is 8.93. The van der Waals surface area contributed by atoms with E-state index in [2.05, 4.69) is 10.3 Å². The topological polar surface area (TPSA) is 112 Å². The highest BCUT2D eigenvalue weighted by Crippen LogP contribution is 2.35. The summed E-state index contributed by atoms with van der Waals surface area (Å²) in [5.74, 6) is -0.273. The molecule has 1 aromatic heterocycles. The van der Waals surface area contributed by atoms with E-state index >= 15 is 0 Å². The molecule has 0 radical (unpaired) electrons. The van der Waals surface area contributed by atoms with E-state index in [0.29, 0.717) is 12.1 Å². The van der Waals surface area contributed by atoms with Crippen molar-refractivity contribution in [1.29, 1.82) is 0 Å². The molecule has 0 aliphatic heterocycles. The summed E-state index contributed by atoms with van der Waals surface area (Å²) in [6.07, 6.45) is 1.42. The van der Waals surface area contributed by atoms with Gasteiger partial charge in [0, 0.05) is 19.3 Å². The number of carbonyl (C=O) groups is 1. The molecule has 1 aromatic rings. The molecule has 21 heavy (non-hydrogen) atoms. The van der Waals surface area contributed by atoms with Gasteiger partial charge in [-0.3, -0.25) is 14.3 Å². The Balaban J connectivity index is 2.46. The Bertz CT molecular complexity index is 485. The first-order chi connectivity index (χ1) is 9.90. The molecule has 0 saturated carbocycles. The van der Waals surface area contributed by atoms with Gasteiger partial charge in [0.2, 0.25) is 10.7 Å². The number of nitrogens with zero attached hydrogens (tertiary/aromatic N) is 2. The third kappa shape index (κ3) is 7.03. The largest absolute Gasteiger partial charge is 0.349 e. The van der Waals surface area contributed by atoms with Crippen molar-refractivity contribution in [3.63, 3.8) is 0 Å². The van der Waals surface area contributed by atoms with E-state index in [1.807, 2.05) is 19.0 Å². The molecule has 2 atom stereocenters. The summed E-state index contributed by atoms with van der Waals surface area (Å²) in [6.45, 7) is 1.20. The van der Waals surface area contributed by atoms with Crippen molar-refractivity contribution in [3.05, 3.63) is 29.6 Å². The monoisotopic (exact) mass is 335 g/mol. The Morgan fingerprint density at radius 1 is 1.52 bits per heavy atom. The summed E-state index contributed by atoms with van der Waals surface area (Å²) in [7, 11) is -0.953. The van der Waals surface area contributed by atoms with Gasteiger partial charge < -0.3 is 19.6 Å². The number of carbonyl (C=O) groups excluding carboxylic acids is 1. The SMILES string of the molecule is CN(C)CCNC(=O)c1ccc(COP(O)S(=O)O)cn1. The van der Waals surface area contributed by atoms with Gasteiger partial charge in [0.1, 0.15) is 5.69 Å². The van der Waals surface area contributed by atoms with Gasteiger partial charge in [-0.1, -0.05) is 6.07 Å². The Hall–Kier alpha value is -0.960. The van der Waals surface area contributed by atoms with Crippen LogP contribution in [0.1, 0.15) is 16.1 Å². The minimum Gasteiger partial charge on any atom is -0.349 e. The highest BCUT2D eigenvalue weighted by molar-refractivity contribution is 8.40. The highest BCUT2D eigenvalue weighted by atomic mass is 32.8. The lowest BCUT2D eigenvalue weighted by Gasteiger charge is -2.10. The fraction of sp³-hybridized carbons (Fsp3) is 0.455. The summed E-state index contributed by atoms with van der Waals surface area (Å²) in [6, 6.07) is 3.14. The van der Waals surface area contributed by atoms with Crippen LogP contribution in [0.4, 0.5) is 0 Å². The van der Waals surface area contributed by atoms with Crippen LogP contribution in [-0.2, 0) is 21.8 Å². The highest BCUT2D eigenvalue weighted by Gasteiger charge is 2.13. The predicted octanol–water partition coefficient (Wildman–Crippen LogP) is 0.330. The van der Waals surface area contributed by atoms with E-state index in [-0.39, 0.29) is 18.2 Å². The predicted molar refractivity (Wildman–Crippen MR) is 79.8 cm³/mol. The van der Waals surface area contributed by atoms with Crippen LogP contribution in [-0.4, -0.2) is 56.6 Å². The molecule has 2 unspecified atom stereocenters. The second-order valence-electron chi connectivity index (χ2n) is 4.35. The maximum Gasteiger partial charge on any atom is 0.298 e. The zero-order chi connectivity index (χ0) is 15.8. The number of amides is 1. The molecule has 10 heteroatoms. The normalized spacial score (nSPS) is 14.0. The molecule has 1 heterocycles. The van der Waals surface area contributed by atoms with Gasteiger partial charge in [-0.2, -0.15) is 0 Å². The van der Waals surface area contributed by atoms with Gasteiger partial charge >= 0.3 is 0 Å². The molecule has 0 fully saturated rings. The molecule has 3 N–H and O–H groups in total. The zero-order valence-corrected chi connectivity index (χ0v) is 13.4. The van der Waals surface area contributed by atoms with Crippen molar-refractivity contribution >= 4 is 24.2 Å². The maximum absolute atomic E-state index is 11.8. The van der Waals surface area contributed by atoms with Gasteiger partial charge in [0.15, 0.2) is 0 Å². The number of pyridine rings is 1. The van der Waals surface area contributed by atoms with Crippen molar-refractivity contribution in [2.24, 2.45) is 0 Å². The minimum absolute atomic E-state index is 0.0516. The van der Waals surface area contributed by atoms with E-state index in [0.717, 1.165) is 6.54 Å². The van der Waals surface area contributed by atoms with Gasteiger partial charge in [0.05, 0.1) is 6.61 Å². The molecule has 1 rings (SSSR count). The Morgan fingerprint density at radius 2 is 2.24 bits per heavy atom. The van der Waals surface area contributed by atoms with Crippen molar-refractivity contribution in [3.8, 4) is 0 Å². The van der Waals surface area contributed by atoms with Gasteiger partial charge in [-0.25, -0.2) is 4.21 Å². The number of nitrogens with one attached hydrogen (secondary N) is 1. The number of rotatable bonds is 8. The van der Waals surface area contributed by atoms with Crippen molar-refractivity contribution < 1.29 is 23.0 Å². The molecule has 1 amide bonds. The summed E-state index contributed by atoms with van der Waals surface area (Å²) in [5.41, 5.74) is 0.862. The molecule has 0 aromatic carbocycles. The first kappa shape index (κ1) is 18.1. The lowest BCUT2D eigenvalue weighted by molar-refractivity contribution is 0.0946. The van der Waals surface area contributed by atoms with Crippen LogP contribution in [0.25, 0.3) is 0 Å². The third-order valence-corrected chi connectivity index (χ3v) is 4.11. The summed E-state index contributed by atoms with van der Waals surface area (Å²) < 4.78 is 23.9. The molecule has 0 aliphatic rings. The van der Waals surface area contributed by atoms with Crippen molar-refractivity contribution in [2.45, 2.75) is 6.61 Å². The smallest absolute Gasteiger partial charge is 0.298 e. The molecule has 118 valence electrons. The fourth-order valence-corrected chi connectivity index (χ4v) is 2.08. The van der Waals surface area contributed by atoms with E-state index in [1.165, 1.54) is 12.3 Å². The Morgan fingerprint density at radius 3 is 2.76 bits per heavy atom. The molecular formula is C11H18N3O5PS. The van der Waals surface area contributed by atoms with E-state index in [9.17, 15) is 9.00 Å². The third-order valence-electron chi connectivity index (χ3n) is 2.38. The lowest BCUT2D eigenvalue weighted by atomic mass is 10.2. The van der Waals surface area contributed by atoms with Crippen LogP contribution in [0.2, 0.25) is 0 Å². The van der Waals surface area contributed by atoms with E-state index in [1.54, 1.807) is 6.07 Å². The van der Waals surface area contributed by atoms with Crippen LogP contribution >= 0.6 is 7.58 Å². The fourth-order valence-electron chi connectivity index (χ4n) is 1.30. The van der Waals surface area contributed by atoms with Crippen LogP contribution in [0.15, 0.2) is 18.3 Å². The van der Waals surface area contributed by atoms with Crippen LogP contribution < -0.4 is 5.32 Å². The van der Waals surface area contributed by atoms with Gasteiger partial charge in [-0.05, 0) is 25.7 Å². The first-order valence-electron chi connectivity index (χ1n) is 6.01. The molecule has 0 spiro atoms. The van der Waals surface area contributed by atoms with Crippen molar-refractivity contribution in [1.82, 2.24) is 15.2 Å². The average molecular weight is 335 g/mol. The minimum atomic E-state index is -2.39. The standard InChI is InChI=1S/C11H18N3O5PS/c1-14(2)6-5-12-11(15)10-4-3-9(7-13-10)8-19-20(16)21(17)18/h3-4,7,16H,5-6,8H2,1-2H3,(H,12,15)(H,17,18). The zero-order valence-electron chi connectivity index (χ0n) is 11.7. The summed E-state index contributed by atoms with van der Waals surface area (Å²) >= 11 is 0. The van der Waals surface area contributed by atoms with Crippen LogP contribution in [0, 0.1) is 0 Å². The number of likely N-dealkylation sites (N-methyl/N-ethyl adjacent to an activating group) is 1. The average Bonchev–Trinajstić information content (AvgIpc) is 2.44. The lowest BCUT2D eigenvalue weighted by Crippen LogP contribution is -2.31. The Labute approximate surface area is 126 Å².